The fourth-order valence-corrected chi connectivity index (χ4v) is 2.74. The third-order valence-electron chi connectivity index (χ3n) is 2.34. The molecule has 0 bridgehead atoms. The molecule has 0 aliphatic heterocycles. The van der Waals surface area contributed by atoms with Crippen LogP contribution in [0.2, 0.25) is 0 Å². The van der Waals surface area contributed by atoms with Crippen molar-refractivity contribution in [2.24, 2.45) is 0 Å². The molecule has 0 radical (unpaired) electrons. The lowest BCUT2D eigenvalue weighted by Gasteiger charge is -2.11. The zero-order valence-corrected chi connectivity index (χ0v) is 11.5. The Hall–Kier alpha value is -1.20. The van der Waals surface area contributed by atoms with Crippen molar-refractivity contribution in [2.45, 2.75) is 18.2 Å². The first-order valence-electron chi connectivity index (χ1n) is 4.99. The molecule has 8 nitrogen and oxygen atoms in total. The third-order valence-corrected chi connectivity index (χ3v) is 3.87. The minimum atomic E-state index is -4.56. The van der Waals surface area contributed by atoms with Gasteiger partial charge < -0.3 is 5.73 Å². The summed E-state index contributed by atoms with van der Waals surface area (Å²) in [6.07, 6.45) is -0.0472. The third kappa shape index (κ3) is 4.44. The number of aryl methyl sites for hydroxylation is 1. The highest BCUT2D eigenvalue weighted by Gasteiger charge is 2.19. The Morgan fingerprint density at radius 2 is 1.79 bits per heavy atom. The smallest absolute Gasteiger partial charge is 0.397 e. The molecule has 0 saturated heterocycles. The standard InChI is InChI=1S/C9H13NO7S2/c1-6-2-3-7(4-5-17-19(14,15)16)8(10)9(6)18(11,12)13/h2-3H,4-5,10H2,1H3,(H,11,12,13)(H,14,15,16). The van der Waals surface area contributed by atoms with Gasteiger partial charge in [0.25, 0.3) is 10.1 Å². The second kappa shape index (κ2) is 5.43. The molecule has 0 aliphatic rings. The van der Waals surface area contributed by atoms with E-state index in [9.17, 15) is 16.8 Å². The molecule has 0 fully saturated rings. The molecule has 10 heteroatoms. The van der Waals surface area contributed by atoms with E-state index in [1.807, 2.05) is 0 Å². The SMILES string of the molecule is Cc1ccc(CCOS(=O)(=O)O)c(N)c1S(=O)(=O)O. The van der Waals surface area contributed by atoms with E-state index in [0.29, 0.717) is 0 Å². The van der Waals surface area contributed by atoms with Crippen molar-refractivity contribution in [1.29, 1.82) is 0 Å². The molecule has 1 aromatic rings. The Labute approximate surface area is 110 Å². The van der Waals surface area contributed by atoms with Crippen molar-refractivity contribution >= 4 is 26.2 Å². The first-order chi connectivity index (χ1) is 8.52. The molecule has 19 heavy (non-hydrogen) atoms. The molecule has 1 aromatic carbocycles. The average molecular weight is 311 g/mol. The van der Waals surface area contributed by atoms with Gasteiger partial charge in [-0.25, -0.2) is 4.18 Å². The van der Waals surface area contributed by atoms with Gasteiger partial charge in [0.1, 0.15) is 4.90 Å². The summed E-state index contributed by atoms with van der Waals surface area (Å²) in [6.45, 7) is 1.05. The molecule has 0 aromatic heterocycles. The van der Waals surface area contributed by atoms with Crippen LogP contribution in [0, 0.1) is 6.92 Å². The van der Waals surface area contributed by atoms with E-state index < -0.39 is 32.0 Å². The normalized spacial score (nSPS) is 12.6. The second-order valence-corrected chi connectivity index (χ2v) is 6.21. The first-order valence-corrected chi connectivity index (χ1v) is 7.80. The zero-order chi connectivity index (χ0) is 14.8. The molecule has 0 aliphatic carbocycles. The summed E-state index contributed by atoms with van der Waals surface area (Å²) in [5, 5.41) is 0. The monoisotopic (exact) mass is 311 g/mol. The number of benzene rings is 1. The molecule has 0 amide bonds. The van der Waals surface area contributed by atoms with Gasteiger partial charge in [-0.3, -0.25) is 9.11 Å². The van der Waals surface area contributed by atoms with Gasteiger partial charge in [0, 0.05) is 0 Å². The van der Waals surface area contributed by atoms with Gasteiger partial charge in [0.05, 0.1) is 12.3 Å². The number of anilines is 1. The Balaban J connectivity index is 3.06. The molecule has 108 valence electrons. The van der Waals surface area contributed by atoms with E-state index in [0.717, 1.165) is 0 Å². The van der Waals surface area contributed by atoms with Crippen LogP contribution in [-0.2, 0) is 31.1 Å². The Bertz CT molecular complexity index is 679. The van der Waals surface area contributed by atoms with Gasteiger partial charge >= 0.3 is 10.4 Å². The molecular formula is C9H13NO7S2. The van der Waals surface area contributed by atoms with E-state index in [4.69, 9.17) is 14.8 Å². The summed E-state index contributed by atoms with van der Waals surface area (Å²) < 4.78 is 64.6. The maximum Gasteiger partial charge on any atom is 0.397 e. The van der Waals surface area contributed by atoms with Crippen LogP contribution in [0.1, 0.15) is 11.1 Å². The van der Waals surface area contributed by atoms with E-state index in [-0.39, 0.29) is 23.2 Å². The lowest BCUT2D eigenvalue weighted by Crippen LogP contribution is -2.11. The summed E-state index contributed by atoms with van der Waals surface area (Å²) in [4.78, 5) is -0.420. The van der Waals surface area contributed by atoms with Gasteiger partial charge in [-0.1, -0.05) is 12.1 Å². The van der Waals surface area contributed by atoms with Crippen LogP contribution in [0.15, 0.2) is 17.0 Å². The maximum atomic E-state index is 11.2. The van der Waals surface area contributed by atoms with Gasteiger partial charge in [-0.05, 0) is 24.5 Å². The van der Waals surface area contributed by atoms with Crippen molar-refractivity contribution in [1.82, 2.24) is 0 Å². The largest absolute Gasteiger partial charge is 0.397 e. The summed E-state index contributed by atoms with van der Waals surface area (Å²) in [5.41, 5.74) is 5.98. The number of nitrogens with two attached hydrogens (primary N) is 1. The number of rotatable bonds is 5. The molecule has 1 rings (SSSR count). The maximum absolute atomic E-state index is 11.2. The van der Waals surface area contributed by atoms with Crippen LogP contribution >= 0.6 is 0 Å². The van der Waals surface area contributed by atoms with Gasteiger partial charge in [-0.2, -0.15) is 16.8 Å². The topological polar surface area (TPSA) is 144 Å². The van der Waals surface area contributed by atoms with Crippen molar-refractivity contribution in [3.63, 3.8) is 0 Å². The highest BCUT2D eigenvalue weighted by atomic mass is 32.3. The predicted molar refractivity (Wildman–Crippen MR) is 66.6 cm³/mol. The van der Waals surface area contributed by atoms with Crippen LogP contribution in [0.5, 0.6) is 0 Å². The summed E-state index contributed by atoms with van der Waals surface area (Å²) in [6, 6.07) is 2.90. The summed E-state index contributed by atoms with van der Waals surface area (Å²) in [7, 11) is -9.04. The molecule has 0 heterocycles. The van der Waals surface area contributed by atoms with Gasteiger partial charge in [0.2, 0.25) is 0 Å². The fraction of sp³-hybridized carbons (Fsp3) is 0.333. The highest BCUT2D eigenvalue weighted by Crippen LogP contribution is 2.26. The zero-order valence-electron chi connectivity index (χ0n) is 9.90. The molecular weight excluding hydrogens is 298 g/mol. The molecule has 4 N–H and O–H groups in total. The summed E-state index contributed by atoms with van der Waals surface area (Å²) in [5.74, 6) is 0. The van der Waals surface area contributed by atoms with Gasteiger partial charge in [0.15, 0.2) is 0 Å². The van der Waals surface area contributed by atoms with Crippen LogP contribution in [0.4, 0.5) is 5.69 Å². The second-order valence-electron chi connectivity index (χ2n) is 3.76. The van der Waals surface area contributed by atoms with Crippen molar-refractivity contribution in [2.75, 3.05) is 12.3 Å². The van der Waals surface area contributed by atoms with E-state index >= 15 is 0 Å². The van der Waals surface area contributed by atoms with Crippen LogP contribution < -0.4 is 5.73 Å². The number of hydrogen-bond acceptors (Lipinski definition) is 6. The predicted octanol–water partition coefficient (Wildman–Crippen LogP) is 0.186. The van der Waals surface area contributed by atoms with E-state index in [1.165, 1.54) is 19.1 Å². The highest BCUT2D eigenvalue weighted by molar-refractivity contribution is 7.86. The average Bonchev–Trinajstić information content (AvgIpc) is 2.17. The molecule has 0 unspecified atom stereocenters. The minimum Gasteiger partial charge on any atom is -0.397 e. The lowest BCUT2D eigenvalue weighted by molar-refractivity contribution is 0.272. The van der Waals surface area contributed by atoms with Crippen molar-refractivity contribution < 1.29 is 30.1 Å². The van der Waals surface area contributed by atoms with E-state index in [2.05, 4.69) is 4.18 Å². The van der Waals surface area contributed by atoms with Crippen molar-refractivity contribution in [3.05, 3.63) is 23.3 Å². The molecule has 0 atom stereocenters. The quantitative estimate of drug-likeness (QED) is 0.516. The lowest BCUT2D eigenvalue weighted by atomic mass is 10.1. The molecule has 0 saturated carbocycles. The number of nitrogen functional groups attached to an aromatic ring is 1. The fourth-order valence-electron chi connectivity index (χ4n) is 1.57. The van der Waals surface area contributed by atoms with Crippen LogP contribution in [0.3, 0.4) is 0 Å². The van der Waals surface area contributed by atoms with Crippen LogP contribution in [-0.4, -0.2) is 32.5 Å². The summed E-state index contributed by atoms with van der Waals surface area (Å²) >= 11 is 0. The minimum absolute atomic E-state index is 0.0472. The Morgan fingerprint density at radius 1 is 1.21 bits per heavy atom. The molecule has 0 spiro atoms. The van der Waals surface area contributed by atoms with E-state index in [1.54, 1.807) is 0 Å². The van der Waals surface area contributed by atoms with Crippen molar-refractivity contribution in [3.8, 4) is 0 Å². The number of hydrogen-bond donors (Lipinski definition) is 3. The Kier molecular flexibility index (Phi) is 4.53. The first kappa shape index (κ1) is 15.9. The van der Waals surface area contributed by atoms with Crippen LogP contribution in [0.25, 0.3) is 0 Å². The Morgan fingerprint density at radius 3 is 2.26 bits per heavy atom. The van der Waals surface area contributed by atoms with Gasteiger partial charge in [-0.15, -0.1) is 0 Å².